The van der Waals surface area contributed by atoms with Gasteiger partial charge >= 0.3 is 0 Å². The van der Waals surface area contributed by atoms with Crippen LogP contribution in [-0.4, -0.2) is 4.57 Å². The lowest BCUT2D eigenvalue weighted by atomic mass is 10.2. The van der Waals surface area contributed by atoms with Crippen LogP contribution in [0.4, 0.5) is 4.39 Å². The molecule has 0 aliphatic heterocycles. The lowest BCUT2D eigenvalue weighted by molar-refractivity contribution is 0.615. The second kappa shape index (κ2) is 3.95. The van der Waals surface area contributed by atoms with Crippen LogP contribution in [0.15, 0.2) is 24.3 Å². The molecular formula is C13H13ClFN. The van der Waals surface area contributed by atoms with Gasteiger partial charge in [0.25, 0.3) is 0 Å². The zero-order valence-corrected chi connectivity index (χ0v) is 10.3. The van der Waals surface area contributed by atoms with E-state index in [4.69, 9.17) is 11.6 Å². The largest absolute Gasteiger partial charge is 0.316 e. The number of hydrogen-bond donors (Lipinski definition) is 0. The number of benzene rings is 1. The molecule has 1 aromatic carbocycles. The van der Waals surface area contributed by atoms with Gasteiger partial charge < -0.3 is 4.57 Å². The molecule has 0 bridgehead atoms. The van der Waals surface area contributed by atoms with Gasteiger partial charge in [0.1, 0.15) is 0 Å². The Hall–Kier alpha value is -1.28. The molecule has 0 unspecified atom stereocenters. The van der Waals surface area contributed by atoms with E-state index in [1.807, 2.05) is 36.6 Å². The molecule has 0 atom stereocenters. The van der Waals surface area contributed by atoms with Gasteiger partial charge in [-0.15, -0.1) is 0 Å². The number of aromatic nitrogens is 1. The summed E-state index contributed by atoms with van der Waals surface area (Å²) in [6.07, 6.45) is 0. The first-order valence-corrected chi connectivity index (χ1v) is 5.50. The van der Waals surface area contributed by atoms with Crippen molar-refractivity contribution < 1.29 is 4.39 Å². The van der Waals surface area contributed by atoms with Crippen molar-refractivity contribution in [3.63, 3.8) is 0 Å². The average molecular weight is 238 g/mol. The second-order valence-corrected chi connectivity index (χ2v) is 4.36. The summed E-state index contributed by atoms with van der Waals surface area (Å²) >= 11 is 5.92. The van der Waals surface area contributed by atoms with Gasteiger partial charge in [0.05, 0.1) is 10.7 Å². The molecule has 0 aliphatic carbocycles. The Morgan fingerprint density at radius 3 is 2.12 bits per heavy atom. The Morgan fingerprint density at radius 2 is 1.56 bits per heavy atom. The molecular weight excluding hydrogens is 225 g/mol. The van der Waals surface area contributed by atoms with E-state index < -0.39 is 0 Å². The molecule has 2 rings (SSSR count). The fraction of sp³-hybridized carbons (Fsp3) is 0.231. The van der Waals surface area contributed by atoms with E-state index in [2.05, 4.69) is 0 Å². The second-order valence-electron chi connectivity index (χ2n) is 3.98. The summed E-state index contributed by atoms with van der Waals surface area (Å²) in [5.41, 5.74) is 3.26. The van der Waals surface area contributed by atoms with Gasteiger partial charge in [-0.2, -0.15) is 0 Å². The summed E-state index contributed by atoms with van der Waals surface area (Å²) in [5, 5.41) is 0.199. The van der Waals surface area contributed by atoms with Gasteiger partial charge in [-0.3, -0.25) is 0 Å². The van der Waals surface area contributed by atoms with Gasteiger partial charge in [-0.05, 0) is 44.5 Å². The van der Waals surface area contributed by atoms with Crippen LogP contribution in [0.2, 0.25) is 5.02 Å². The zero-order valence-electron chi connectivity index (χ0n) is 9.51. The SMILES string of the molecule is Cc1ccc(-n2c(C)ccc2C)c(F)c1Cl. The highest BCUT2D eigenvalue weighted by atomic mass is 35.5. The van der Waals surface area contributed by atoms with Crippen molar-refractivity contribution in [3.8, 4) is 5.69 Å². The molecule has 1 heterocycles. The Morgan fingerprint density at radius 1 is 1.00 bits per heavy atom. The molecule has 0 saturated heterocycles. The van der Waals surface area contributed by atoms with Gasteiger partial charge in [0, 0.05) is 11.4 Å². The molecule has 0 radical (unpaired) electrons. The zero-order chi connectivity index (χ0) is 11.9. The molecule has 84 valence electrons. The molecule has 0 aliphatic rings. The van der Waals surface area contributed by atoms with Gasteiger partial charge in [-0.1, -0.05) is 17.7 Å². The lowest BCUT2D eigenvalue weighted by Gasteiger charge is -2.12. The molecule has 0 amide bonds. The van der Waals surface area contributed by atoms with Crippen molar-refractivity contribution in [2.45, 2.75) is 20.8 Å². The van der Waals surface area contributed by atoms with E-state index in [-0.39, 0.29) is 10.8 Å². The maximum atomic E-state index is 14.0. The summed E-state index contributed by atoms with van der Waals surface area (Å²) in [6, 6.07) is 7.52. The first-order chi connectivity index (χ1) is 7.52. The smallest absolute Gasteiger partial charge is 0.166 e. The molecule has 1 aromatic heterocycles. The first kappa shape index (κ1) is 11.2. The van der Waals surface area contributed by atoms with Crippen molar-refractivity contribution in [3.05, 3.63) is 52.1 Å². The average Bonchev–Trinajstić information content (AvgIpc) is 2.57. The Kier molecular flexibility index (Phi) is 2.76. The van der Waals surface area contributed by atoms with Crippen LogP contribution in [0.5, 0.6) is 0 Å². The third kappa shape index (κ3) is 1.63. The van der Waals surface area contributed by atoms with E-state index >= 15 is 0 Å². The first-order valence-electron chi connectivity index (χ1n) is 5.12. The fourth-order valence-electron chi connectivity index (χ4n) is 1.86. The van der Waals surface area contributed by atoms with Crippen LogP contribution in [-0.2, 0) is 0 Å². The normalized spacial score (nSPS) is 10.8. The van der Waals surface area contributed by atoms with Crippen molar-refractivity contribution in [2.24, 2.45) is 0 Å². The Labute approximate surface area is 99.5 Å². The summed E-state index contributed by atoms with van der Waals surface area (Å²) < 4.78 is 15.9. The van der Waals surface area contributed by atoms with Gasteiger partial charge in [-0.25, -0.2) is 4.39 Å². The molecule has 0 fully saturated rings. The van der Waals surface area contributed by atoms with Gasteiger partial charge in [0.2, 0.25) is 0 Å². The lowest BCUT2D eigenvalue weighted by Crippen LogP contribution is -2.02. The quantitative estimate of drug-likeness (QED) is 0.701. The van der Waals surface area contributed by atoms with Crippen LogP contribution in [0, 0.1) is 26.6 Å². The van der Waals surface area contributed by atoms with E-state index in [9.17, 15) is 4.39 Å². The standard InChI is InChI=1S/C13H13ClFN/c1-8-4-7-11(13(15)12(8)14)16-9(2)5-6-10(16)3/h4-7H,1-3H3. The molecule has 0 saturated carbocycles. The van der Waals surface area contributed by atoms with Gasteiger partial charge in [0.15, 0.2) is 5.82 Å². The number of hydrogen-bond acceptors (Lipinski definition) is 0. The van der Waals surface area contributed by atoms with E-state index in [1.165, 1.54) is 0 Å². The molecule has 2 aromatic rings. The van der Waals surface area contributed by atoms with E-state index in [0.717, 1.165) is 17.0 Å². The van der Waals surface area contributed by atoms with Crippen LogP contribution >= 0.6 is 11.6 Å². The van der Waals surface area contributed by atoms with Crippen LogP contribution in [0.3, 0.4) is 0 Å². The minimum absolute atomic E-state index is 0.199. The van der Waals surface area contributed by atoms with Crippen LogP contribution < -0.4 is 0 Å². The number of halogens is 2. The molecule has 1 nitrogen and oxygen atoms in total. The molecule has 3 heteroatoms. The minimum atomic E-state index is -0.357. The molecule has 0 N–H and O–H groups in total. The third-order valence-electron chi connectivity index (χ3n) is 2.77. The monoisotopic (exact) mass is 237 g/mol. The number of nitrogens with zero attached hydrogens (tertiary/aromatic N) is 1. The van der Waals surface area contributed by atoms with Crippen LogP contribution in [0.25, 0.3) is 5.69 Å². The highest BCUT2D eigenvalue weighted by Gasteiger charge is 2.13. The van der Waals surface area contributed by atoms with Crippen LogP contribution in [0.1, 0.15) is 17.0 Å². The topological polar surface area (TPSA) is 4.93 Å². The maximum Gasteiger partial charge on any atom is 0.166 e. The van der Waals surface area contributed by atoms with Crippen molar-refractivity contribution in [1.82, 2.24) is 4.57 Å². The van der Waals surface area contributed by atoms with Crippen molar-refractivity contribution in [2.75, 3.05) is 0 Å². The minimum Gasteiger partial charge on any atom is -0.316 e. The number of aryl methyl sites for hydroxylation is 3. The fourth-order valence-corrected chi connectivity index (χ4v) is 2.02. The Bertz CT molecular complexity index is 524. The van der Waals surface area contributed by atoms with E-state index in [1.54, 1.807) is 13.0 Å². The molecule has 0 spiro atoms. The maximum absolute atomic E-state index is 14.0. The van der Waals surface area contributed by atoms with Crippen molar-refractivity contribution >= 4 is 11.6 Å². The summed E-state index contributed by atoms with van der Waals surface area (Å²) in [4.78, 5) is 0. The molecule has 16 heavy (non-hydrogen) atoms. The Balaban J connectivity index is 2.71. The summed E-state index contributed by atoms with van der Waals surface area (Å²) in [5.74, 6) is -0.357. The number of rotatable bonds is 1. The third-order valence-corrected chi connectivity index (χ3v) is 3.23. The van der Waals surface area contributed by atoms with E-state index in [0.29, 0.717) is 5.69 Å². The highest BCUT2D eigenvalue weighted by molar-refractivity contribution is 6.31. The van der Waals surface area contributed by atoms with Crippen molar-refractivity contribution in [1.29, 1.82) is 0 Å². The predicted octanol–water partition coefficient (Wildman–Crippen LogP) is 4.20. The predicted molar refractivity (Wildman–Crippen MR) is 64.9 cm³/mol. The summed E-state index contributed by atoms with van der Waals surface area (Å²) in [7, 11) is 0. The summed E-state index contributed by atoms with van der Waals surface area (Å²) in [6.45, 7) is 5.69. The highest BCUT2D eigenvalue weighted by Crippen LogP contribution is 2.27.